The van der Waals surface area contributed by atoms with Gasteiger partial charge < -0.3 is 5.73 Å². The van der Waals surface area contributed by atoms with E-state index in [1.807, 2.05) is 0 Å². The van der Waals surface area contributed by atoms with Gasteiger partial charge in [0.1, 0.15) is 0 Å². The Balaban J connectivity index is 2.16. The van der Waals surface area contributed by atoms with Gasteiger partial charge in [-0.25, -0.2) is 13.1 Å². The molecule has 0 unspecified atom stereocenters. The normalized spacial score (nSPS) is 11.4. The Labute approximate surface area is 116 Å². The van der Waals surface area contributed by atoms with E-state index in [0.717, 1.165) is 0 Å². The van der Waals surface area contributed by atoms with Crippen molar-refractivity contribution in [2.75, 3.05) is 5.73 Å². The predicted molar refractivity (Wildman–Crippen MR) is 74.1 cm³/mol. The molecular formula is C12H12ClN3O2S. The summed E-state index contributed by atoms with van der Waals surface area (Å²) in [6, 6.07) is 9.46. The largest absolute Gasteiger partial charge is 0.398 e. The minimum atomic E-state index is -3.63. The van der Waals surface area contributed by atoms with Gasteiger partial charge in [-0.1, -0.05) is 17.7 Å². The molecule has 0 amide bonds. The molecular weight excluding hydrogens is 286 g/mol. The van der Waals surface area contributed by atoms with Crippen LogP contribution in [0, 0.1) is 0 Å². The minimum Gasteiger partial charge on any atom is -0.398 e. The number of nitrogens with one attached hydrogen (secondary N) is 1. The van der Waals surface area contributed by atoms with Gasteiger partial charge in [0.15, 0.2) is 0 Å². The molecule has 0 saturated carbocycles. The summed E-state index contributed by atoms with van der Waals surface area (Å²) in [5.41, 5.74) is 6.51. The van der Waals surface area contributed by atoms with E-state index in [-0.39, 0.29) is 16.5 Å². The number of nitrogen functional groups attached to an aromatic ring is 1. The molecule has 1 aromatic carbocycles. The van der Waals surface area contributed by atoms with Gasteiger partial charge >= 0.3 is 0 Å². The average molecular weight is 298 g/mol. The van der Waals surface area contributed by atoms with E-state index in [0.29, 0.717) is 11.4 Å². The number of hydrogen-bond donors (Lipinski definition) is 2. The number of benzene rings is 1. The highest BCUT2D eigenvalue weighted by molar-refractivity contribution is 7.89. The fourth-order valence-electron chi connectivity index (χ4n) is 1.43. The number of nitrogens with zero attached hydrogens (tertiary/aromatic N) is 1. The number of nitrogens with two attached hydrogens (primary N) is 1. The summed E-state index contributed by atoms with van der Waals surface area (Å²) in [7, 11) is -3.63. The standard InChI is InChI=1S/C12H12ClN3O2S/c13-11-7-10(4-5-12(11)14)19(17,18)16-8-9-3-1-2-6-15-9/h1-7,16H,8,14H2. The topological polar surface area (TPSA) is 85.1 Å². The van der Waals surface area contributed by atoms with Crippen LogP contribution in [-0.4, -0.2) is 13.4 Å². The summed E-state index contributed by atoms with van der Waals surface area (Å²) >= 11 is 5.81. The molecule has 2 aromatic rings. The van der Waals surface area contributed by atoms with E-state index >= 15 is 0 Å². The van der Waals surface area contributed by atoms with E-state index in [9.17, 15) is 8.42 Å². The zero-order valence-corrected chi connectivity index (χ0v) is 11.4. The molecule has 3 N–H and O–H groups in total. The van der Waals surface area contributed by atoms with Crippen LogP contribution in [0.4, 0.5) is 5.69 Å². The lowest BCUT2D eigenvalue weighted by molar-refractivity contribution is 0.580. The molecule has 1 aromatic heterocycles. The third-order valence-corrected chi connectivity index (χ3v) is 4.18. The van der Waals surface area contributed by atoms with Gasteiger partial charge in [0.2, 0.25) is 10.0 Å². The molecule has 0 atom stereocenters. The van der Waals surface area contributed by atoms with Crippen LogP contribution in [0.1, 0.15) is 5.69 Å². The van der Waals surface area contributed by atoms with E-state index in [1.165, 1.54) is 18.2 Å². The molecule has 0 aliphatic carbocycles. The molecule has 0 radical (unpaired) electrons. The predicted octanol–water partition coefficient (Wildman–Crippen LogP) is 1.80. The number of anilines is 1. The first kappa shape index (κ1) is 13.8. The Morgan fingerprint density at radius 2 is 2.05 bits per heavy atom. The Bertz CT molecular complexity index is 675. The summed E-state index contributed by atoms with van der Waals surface area (Å²) in [5.74, 6) is 0. The zero-order chi connectivity index (χ0) is 13.9. The molecule has 19 heavy (non-hydrogen) atoms. The van der Waals surface area contributed by atoms with E-state index < -0.39 is 10.0 Å². The van der Waals surface area contributed by atoms with Crippen LogP contribution in [0.25, 0.3) is 0 Å². The lowest BCUT2D eigenvalue weighted by Crippen LogP contribution is -2.23. The molecule has 0 saturated heterocycles. The van der Waals surface area contributed by atoms with Crippen LogP contribution in [-0.2, 0) is 16.6 Å². The first-order valence-corrected chi connectivity index (χ1v) is 7.30. The highest BCUT2D eigenvalue weighted by Crippen LogP contribution is 2.22. The number of pyridine rings is 1. The van der Waals surface area contributed by atoms with Crippen molar-refractivity contribution in [2.45, 2.75) is 11.4 Å². The Kier molecular flexibility index (Phi) is 4.04. The van der Waals surface area contributed by atoms with Gasteiger partial charge in [0, 0.05) is 6.20 Å². The zero-order valence-electron chi connectivity index (χ0n) is 9.88. The van der Waals surface area contributed by atoms with Crippen molar-refractivity contribution in [3.05, 3.63) is 53.3 Å². The summed E-state index contributed by atoms with van der Waals surface area (Å²) in [5, 5.41) is 0.209. The molecule has 2 rings (SSSR count). The summed E-state index contributed by atoms with van der Waals surface area (Å²) in [4.78, 5) is 4.11. The second kappa shape index (κ2) is 5.56. The van der Waals surface area contributed by atoms with Crippen LogP contribution in [0.2, 0.25) is 5.02 Å². The molecule has 0 aliphatic rings. The monoisotopic (exact) mass is 297 g/mol. The number of sulfonamides is 1. The van der Waals surface area contributed by atoms with Crippen LogP contribution in [0.3, 0.4) is 0 Å². The van der Waals surface area contributed by atoms with Crippen molar-refractivity contribution in [1.82, 2.24) is 9.71 Å². The van der Waals surface area contributed by atoms with Gasteiger partial charge in [0.05, 0.1) is 27.8 Å². The Morgan fingerprint density at radius 1 is 1.26 bits per heavy atom. The molecule has 7 heteroatoms. The number of aromatic nitrogens is 1. The minimum absolute atomic E-state index is 0.0719. The average Bonchev–Trinajstić information content (AvgIpc) is 2.41. The van der Waals surface area contributed by atoms with E-state index in [2.05, 4.69) is 9.71 Å². The third-order valence-electron chi connectivity index (χ3n) is 2.45. The van der Waals surface area contributed by atoms with Crippen molar-refractivity contribution in [3.63, 3.8) is 0 Å². The molecule has 0 bridgehead atoms. The number of rotatable bonds is 4. The highest BCUT2D eigenvalue weighted by atomic mass is 35.5. The van der Waals surface area contributed by atoms with Gasteiger partial charge in [-0.3, -0.25) is 4.98 Å². The SMILES string of the molecule is Nc1ccc(S(=O)(=O)NCc2ccccn2)cc1Cl. The van der Waals surface area contributed by atoms with Crippen molar-refractivity contribution >= 4 is 27.3 Å². The second-order valence-corrected chi connectivity index (χ2v) is 6.00. The smallest absolute Gasteiger partial charge is 0.240 e. The second-order valence-electron chi connectivity index (χ2n) is 3.83. The summed E-state index contributed by atoms with van der Waals surface area (Å²) in [6.45, 7) is 0.116. The maximum Gasteiger partial charge on any atom is 0.240 e. The first-order valence-electron chi connectivity index (χ1n) is 5.43. The fourth-order valence-corrected chi connectivity index (χ4v) is 2.70. The molecule has 5 nitrogen and oxygen atoms in total. The molecule has 0 aliphatic heterocycles. The quantitative estimate of drug-likeness (QED) is 0.843. The van der Waals surface area contributed by atoms with Crippen molar-refractivity contribution < 1.29 is 8.42 Å². The van der Waals surface area contributed by atoms with Crippen LogP contribution < -0.4 is 10.5 Å². The summed E-state index contributed by atoms with van der Waals surface area (Å²) < 4.78 is 26.5. The maximum absolute atomic E-state index is 12.0. The maximum atomic E-state index is 12.0. The van der Waals surface area contributed by atoms with Crippen molar-refractivity contribution in [1.29, 1.82) is 0 Å². The van der Waals surface area contributed by atoms with Gasteiger partial charge in [-0.15, -0.1) is 0 Å². The van der Waals surface area contributed by atoms with Gasteiger partial charge in [-0.05, 0) is 30.3 Å². The highest BCUT2D eigenvalue weighted by Gasteiger charge is 2.15. The van der Waals surface area contributed by atoms with Crippen LogP contribution in [0.5, 0.6) is 0 Å². The Hall–Kier alpha value is -1.63. The molecule has 100 valence electrons. The molecule has 1 heterocycles. The van der Waals surface area contributed by atoms with Crippen molar-refractivity contribution in [2.24, 2.45) is 0 Å². The van der Waals surface area contributed by atoms with Gasteiger partial charge in [-0.2, -0.15) is 0 Å². The van der Waals surface area contributed by atoms with Crippen molar-refractivity contribution in [3.8, 4) is 0 Å². The van der Waals surface area contributed by atoms with E-state index in [4.69, 9.17) is 17.3 Å². The lowest BCUT2D eigenvalue weighted by atomic mass is 10.3. The van der Waals surface area contributed by atoms with Crippen LogP contribution >= 0.6 is 11.6 Å². The molecule has 0 spiro atoms. The lowest BCUT2D eigenvalue weighted by Gasteiger charge is -2.07. The summed E-state index contributed by atoms with van der Waals surface area (Å²) in [6.07, 6.45) is 1.60. The van der Waals surface area contributed by atoms with Crippen LogP contribution in [0.15, 0.2) is 47.5 Å². The first-order chi connectivity index (χ1) is 8.99. The molecule has 0 fully saturated rings. The number of halogens is 1. The fraction of sp³-hybridized carbons (Fsp3) is 0.0833. The van der Waals surface area contributed by atoms with E-state index in [1.54, 1.807) is 24.4 Å². The number of hydrogen-bond acceptors (Lipinski definition) is 4. The third kappa shape index (κ3) is 3.44. The Morgan fingerprint density at radius 3 is 2.68 bits per heavy atom. The van der Waals surface area contributed by atoms with Gasteiger partial charge in [0.25, 0.3) is 0 Å².